The molecule has 4 rings (SSSR count). The van der Waals surface area contributed by atoms with Gasteiger partial charge in [-0.05, 0) is 85.6 Å². The fourth-order valence-corrected chi connectivity index (χ4v) is 3.81. The zero-order valence-corrected chi connectivity index (χ0v) is 20.6. The van der Waals surface area contributed by atoms with Crippen LogP contribution in [-0.2, 0) is 9.59 Å². The van der Waals surface area contributed by atoms with Crippen LogP contribution in [0.1, 0.15) is 21.6 Å². The molecule has 4 aromatic rings. The lowest BCUT2D eigenvalue weighted by atomic mass is 10.1. The molecule has 3 amide bonds. The van der Waals surface area contributed by atoms with E-state index in [1.807, 2.05) is 19.9 Å². The number of aryl methyl sites for hydroxylation is 2. The summed E-state index contributed by atoms with van der Waals surface area (Å²) in [6, 6.07) is 19.0. The molecule has 0 spiro atoms. The third-order valence-corrected chi connectivity index (χ3v) is 6.05. The molecule has 34 heavy (non-hydrogen) atoms. The number of halogens is 2. The van der Waals surface area contributed by atoms with Gasteiger partial charge in [0.15, 0.2) is 0 Å². The van der Waals surface area contributed by atoms with Gasteiger partial charge in [-0.3, -0.25) is 19.8 Å². The van der Waals surface area contributed by atoms with Crippen LogP contribution in [0.2, 0.25) is 5.02 Å². The van der Waals surface area contributed by atoms with E-state index >= 15 is 0 Å². The van der Waals surface area contributed by atoms with E-state index in [1.165, 1.54) is 4.68 Å². The predicted octanol–water partition coefficient (Wildman–Crippen LogP) is 5.64. The molecule has 3 aromatic carbocycles. The van der Waals surface area contributed by atoms with Crippen molar-refractivity contribution in [3.05, 3.63) is 93.0 Å². The third-order valence-electron chi connectivity index (χ3n) is 5.28. The Balaban J connectivity index is 1.61. The zero-order chi connectivity index (χ0) is 24.4. The van der Waals surface area contributed by atoms with Gasteiger partial charge in [0.05, 0.1) is 5.52 Å². The van der Waals surface area contributed by atoms with Gasteiger partial charge in [-0.2, -0.15) is 0 Å². The van der Waals surface area contributed by atoms with E-state index in [0.717, 1.165) is 15.6 Å². The monoisotopic (exact) mass is 538 g/mol. The summed E-state index contributed by atoms with van der Waals surface area (Å²) in [4.78, 5) is 38.4. The van der Waals surface area contributed by atoms with Crippen molar-refractivity contribution in [1.82, 2.24) is 4.68 Å². The van der Waals surface area contributed by atoms with Crippen molar-refractivity contribution < 1.29 is 14.4 Å². The van der Waals surface area contributed by atoms with Crippen molar-refractivity contribution in [3.8, 4) is 0 Å². The van der Waals surface area contributed by atoms with Crippen LogP contribution >= 0.6 is 27.5 Å². The molecule has 0 saturated heterocycles. The molecule has 1 aromatic heterocycles. The molecule has 3 N–H and O–H groups in total. The minimum Gasteiger partial charge on any atom is -0.321 e. The highest BCUT2D eigenvalue weighted by molar-refractivity contribution is 9.10. The summed E-state index contributed by atoms with van der Waals surface area (Å²) in [6.07, 6.45) is 0. The highest BCUT2D eigenvalue weighted by Gasteiger charge is 2.21. The minimum atomic E-state index is -0.927. The lowest BCUT2D eigenvalue weighted by molar-refractivity contribution is -0.133. The Bertz CT molecular complexity index is 1430. The van der Waals surface area contributed by atoms with E-state index in [9.17, 15) is 14.4 Å². The molecule has 0 fully saturated rings. The molecule has 7 nitrogen and oxygen atoms in total. The van der Waals surface area contributed by atoms with Crippen LogP contribution in [0, 0.1) is 13.8 Å². The van der Waals surface area contributed by atoms with Gasteiger partial charge >= 0.3 is 11.8 Å². The molecule has 172 valence electrons. The van der Waals surface area contributed by atoms with Crippen molar-refractivity contribution in [3.63, 3.8) is 0 Å². The average Bonchev–Trinajstić information content (AvgIpc) is 3.15. The first kappa shape index (κ1) is 23.5. The molecule has 0 radical (unpaired) electrons. The summed E-state index contributed by atoms with van der Waals surface area (Å²) in [6.45, 7) is 3.87. The fraction of sp³-hybridized carbons (Fsp3) is 0.0800. The van der Waals surface area contributed by atoms with Gasteiger partial charge in [0.25, 0.3) is 5.91 Å². The van der Waals surface area contributed by atoms with Crippen LogP contribution in [0.5, 0.6) is 0 Å². The van der Waals surface area contributed by atoms with Gasteiger partial charge in [0, 0.05) is 26.3 Å². The van der Waals surface area contributed by atoms with E-state index in [4.69, 9.17) is 11.6 Å². The van der Waals surface area contributed by atoms with Crippen LogP contribution in [0.3, 0.4) is 0 Å². The number of fused-ring (bicyclic) bond motifs is 1. The molecule has 0 bridgehead atoms. The van der Waals surface area contributed by atoms with Crippen molar-refractivity contribution >= 4 is 67.5 Å². The summed E-state index contributed by atoms with van der Waals surface area (Å²) in [5, 5.41) is 6.48. The first-order valence-electron chi connectivity index (χ1n) is 10.3. The molecular weight excluding hydrogens is 520 g/mol. The average molecular weight is 540 g/mol. The second-order valence-corrected chi connectivity index (χ2v) is 9.08. The van der Waals surface area contributed by atoms with E-state index < -0.39 is 17.7 Å². The molecular formula is C25H20BrClN4O3. The summed E-state index contributed by atoms with van der Waals surface area (Å²) in [7, 11) is 0. The molecule has 1 heterocycles. The molecule has 0 saturated carbocycles. The predicted molar refractivity (Wildman–Crippen MR) is 138 cm³/mol. The maximum absolute atomic E-state index is 13.1. The quantitative estimate of drug-likeness (QED) is 0.293. The number of rotatable bonds is 4. The highest BCUT2D eigenvalue weighted by Crippen LogP contribution is 2.24. The molecule has 0 aliphatic rings. The van der Waals surface area contributed by atoms with E-state index in [-0.39, 0.29) is 5.69 Å². The highest BCUT2D eigenvalue weighted by atomic mass is 79.9. The first-order chi connectivity index (χ1) is 16.2. The number of hydrogen-bond acceptors (Lipinski definition) is 3. The molecule has 0 aliphatic heterocycles. The second-order valence-electron chi connectivity index (χ2n) is 7.72. The van der Waals surface area contributed by atoms with Crippen molar-refractivity contribution in [2.75, 3.05) is 16.1 Å². The number of carbonyl (C=O) groups is 3. The van der Waals surface area contributed by atoms with Gasteiger partial charge in [-0.15, -0.1) is 0 Å². The van der Waals surface area contributed by atoms with Gasteiger partial charge in [-0.25, -0.2) is 4.68 Å². The lowest BCUT2D eigenvalue weighted by Gasteiger charge is -2.13. The topological polar surface area (TPSA) is 92.2 Å². The van der Waals surface area contributed by atoms with Crippen molar-refractivity contribution in [2.24, 2.45) is 0 Å². The maximum atomic E-state index is 13.1. The molecule has 0 unspecified atom stereocenters. The van der Waals surface area contributed by atoms with Gasteiger partial charge in [0.1, 0.15) is 5.69 Å². The number of hydrogen-bond donors (Lipinski definition) is 3. The Morgan fingerprint density at radius 2 is 1.50 bits per heavy atom. The maximum Gasteiger partial charge on any atom is 0.328 e. The summed E-state index contributed by atoms with van der Waals surface area (Å²) >= 11 is 9.46. The SMILES string of the molecule is Cc1ccc(NC(=O)C(=O)Nn2c(C(=O)Nc3ccc(Br)cc3)cc3cc(Cl)ccc32)cc1C. The van der Waals surface area contributed by atoms with E-state index in [2.05, 4.69) is 32.0 Å². The van der Waals surface area contributed by atoms with Gasteiger partial charge in [-0.1, -0.05) is 33.6 Å². The van der Waals surface area contributed by atoms with Gasteiger partial charge in [0.2, 0.25) is 0 Å². The zero-order valence-electron chi connectivity index (χ0n) is 18.3. The number of anilines is 2. The minimum absolute atomic E-state index is 0.132. The van der Waals surface area contributed by atoms with Crippen LogP contribution in [0.15, 0.2) is 71.2 Å². The Morgan fingerprint density at radius 3 is 2.21 bits per heavy atom. The largest absolute Gasteiger partial charge is 0.328 e. The summed E-state index contributed by atoms with van der Waals surface area (Å²) < 4.78 is 2.15. The molecule has 0 aliphatic carbocycles. The Labute approximate surface area is 209 Å². The third kappa shape index (κ3) is 5.13. The number of nitrogens with one attached hydrogen (secondary N) is 3. The normalized spacial score (nSPS) is 10.7. The smallest absolute Gasteiger partial charge is 0.321 e. The summed E-state index contributed by atoms with van der Waals surface area (Å²) in [5.41, 5.74) is 6.30. The van der Waals surface area contributed by atoms with Gasteiger partial charge < -0.3 is 10.6 Å². The fourth-order valence-electron chi connectivity index (χ4n) is 3.36. The number of benzene rings is 3. The Morgan fingerprint density at radius 1 is 0.794 bits per heavy atom. The molecule has 0 atom stereocenters. The number of amides is 3. The Kier molecular flexibility index (Phi) is 6.72. The Hall–Kier alpha value is -3.62. The second kappa shape index (κ2) is 9.70. The van der Waals surface area contributed by atoms with Crippen LogP contribution in [-0.4, -0.2) is 22.4 Å². The number of carbonyl (C=O) groups excluding carboxylic acids is 3. The number of aromatic nitrogens is 1. The van der Waals surface area contributed by atoms with Crippen LogP contribution in [0.4, 0.5) is 11.4 Å². The van der Waals surface area contributed by atoms with Crippen LogP contribution < -0.4 is 16.1 Å². The van der Waals surface area contributed by atoms with Crippen molar-refractivity contribution in [1.29, 1.82) is 0 Å². The van der Waals surface area contributed by atoms with E-state index in [0.29, 0.717) is 27.3 Å². The van der Waals surface area contributed by atoms with Crippen LogP contribution in [0.25, 0.3) is 10.9 Å². The summed E-state index contributed by atoms with van der Waals surface area (Å²) in [5.74, 6) is -2.26. The first-order valence-corrected chi connectivity index (χ1v) is 11.5. The van der Waals surface area contributed by atoms with Crippen molar-refractivity contribution in [2.45, 2.75) is 13.8 Å². The van der Waals surface area contributed by atoms with E-state index in [1.54, 1.807) is 60.7 Å². The molecule has 9 heteroatoms. The lowest BCUT2D eigenvalue weighted by Crippen LogP contribution is -2.36. The number of nitrogens with zero attached hydrogens (tertiary/aromatic N) is 1. The standard InChI is InChI=1S/C25H20BrClN4O3/c1-14-3-7-20(11-15(14)2)29-24(33)25(34)30-31-21-10-6-18(27)12-16(21)13-22(31)23(32)28-19-8-4-17(26)5-9-19/h3-13H,1-2H3,(H,28,32)(H,29,33)(H,30,34).